The highest BCUT2D eigenvalue weighted by Crippen LogP contribution is 2.46. The minimum Gasteiger partial charge on any atom is -0.497 e. The van der Waals surface area contributed by atoms with E-state index in [1.54, 1.807) is 31.4 Å². The van der Waals surface area contributed by atoms with E-state index in [0.29, 0.717) is 29.3 Å². The van der Waals surface area contributed by atoms with E-state index in [4.69, 9.17) is 15.2 Å². The van der Waals surface area contributed by atoms with Gasteiger partial charge in [-0.25, -0.2) is 0 Å². The van der Waals surface area contributed by atoms with Gasteiger partial charge in [0.05, 0.1) is 45.6 Å². The van der Waals surface area contributed by atoms with Crippen molar-refractivity contribution < 1.29 is 19.4 Å². The largest absolute Gasteiger partial charge is 0.497 e. The van der Waals surface area contributed by atoms with Crippen LogP contribution < -0.4 is 21.0 Å². The van der Waals surface area contributed by atoms with Crippen molar-refractivity contribution in [3.05, 3.63) is 132 Å². The number of anilines is 2. The standard InChI is InChI=1S/C41H49N5O4Si/c1-28-38(22-13-29-9-8-12-33(25-29)43-41(48)31-14-16-32(42)17-15-31)50-39(40(28)51(3,4)35-20-18-34(49-2)19-21-35)23-24-46-26-37(44-45-46)36(27-47)30-10-6-5-7-11-30/h5-12,14-21,25-26,28,36,38-40,47H,13,22-24,27,42H2,1-4H3,(H,43,48)/t28-,36?,38+,39-,40+/m0/s1. The number of hydrogen-bond acceptors (Lipinski definition) is 7. The molecule has 1 unspecified atom stereocenters. The second kappa shape index (κ2) is 16.1. The van der Waals surface area contributed by atoms with E-state index < -0.39 is 8.07 Å². The molecule has 1 aliphatic rings. The third-order valence-electron chi connectivity index (χ3n) is 10.6. The Hall–Kier alpha value is -4.77. The van der Waals surface area contributed by atoms with Gasteiger partial charge in [-0.15, -0.1) is 5.10 Å². The highest BCUT2D eigenvalue weighted by atomic mass is 28.3. The Morgan fingerprint density at radius 2 is 1.73 bits per heavy atom. The number of ether oxygens (including phenoxy) is 2. The van der Waals surface area contributed by atoms with Gasteiger partial charge < -0.3 is 25.6 Å². The molecule has 1 aliphatic heterocycles. The molecule has 10 heteroatoms. The molecule has 4 aromatic carbocycles. The van der Waals surface area contributed by atoms with Crippen molar-refractivity contribution >= 4 is 30.5 Å². The van der Waals surface area contributed by atoms with Crippen molar-refractivity contribution in [1.29, 1.82) is 0 Å². The van der Waals surface area contributed by atoms with Crippen molar-refractivity contribution in [3.63, 3.8) is 0 Å². The van der Waals surface area contributed by atoms with Crippen LogP contribution in [0.25, 0.3) is 0 Å². The summed E-state index contributed by atoms with van der Waals surface area (Å²) < 4.78 is 14.4. The van der Waals surface area contributed by atoms with Crippen LogP contribution in [-0.4, -0.2) is 60.0 Å². The maximum absolute atomic E-state index is 12.8. The first-order valence-corrected chi connectivity index (χ1v) is 20.9. The zero-order valence-electron chi connectivity index (χ0n) is 29.9. The molecule has 1 aromatic heterocycles. The third-order valence-corrected chi connectivity index (χ3v) is 15.0. The Morgan fingerprint density at radius 1 is 0.980 bits per heavy atom. The number of nitrogens with zero attached hydrogens (tertiary/aromatic N) is 3. The summed E-state index contributed by atoms with van der Waals surface area (Å²) in [5.41, 5.74) is 11.1. The molecule has 0 spiro atoms. The lowest BCUT2D eigenvalue weighted by Crippen LogP contribution is -2.50. The van der Waals surface area contributed by atoms with Crippen molar-refractivity contribution in [1.82, 2.24) is 15.0 Å². The van der Waals surface area contributed by atoms with E-state index in [2.05, 4.69) is 72.0 Å². The van der Waals surface area contributed by atoms with Gasteiger partial charge in [0, 0.05) is 29.7 Å². The quantitative estimate of drug-likeness (QED) is 0.0873. The number of amides is 1. The number of aliphatic hydroxyl groups excluding tert-OH is 1. The average Bonchev–Trinajstić information content (AvgIpc) is 3.75. The summed E-state index contributed by atoms with van der Waals surface area (Å²) in [4.78, 5) is 12.8. The first-order chi connectivity index (χ1) is 24.7. The molecule has 51 heavy (non-hydrogen) atoms. The summed E-state index contributed by atoms with van der Waals surface area (Å²) in [6, 6.07) is 33.5. The molecule has 0 saturated carbocycles. The number of rotatable bonds is 14. The summed E-state index contributed by atoms with van der Waals surface area (Å²) >= 11 is 0. The third kappa shape index (κ3) is 8.41. The molecule has 0 radical (unpaired) electrons. The molecule has 0 aliphatic carbocycles. The molecule has 4 N–H and O–H groups in total. The predicted molar refractivity (Wildman–Crippen MR) is 205 cm³/mol. The zero-order valence-corrected chi connectivity index (χ0v) is 30.9. The number of hydrogen-bond donors (Lipinski definition) is 3. The van der Waals surface area contributed by atoms with Crippen LogP contribution in [0.2, 0.25) is 18.6 Å². The van der Waals surface area contributed by atoms with Crippen LogP contribution in [0.5, 0.6) is 5.75 Å². The van der Waals surface area contributed by atoms with Gasteiger partial charge in [-0.2, -0.15) is 0 Å². The number of aromatic nitrogens is 3. The Morgan fingerprint density at radius 3 is 2.43 bits per heavy atom. The molecule has 2 heterocycles. The highest BCUT2D eigenvalue weighted by molar-refractivity contribution is 6.91. The Labute approximate surface area is 301 Å². The molecule has 9 nitrogen and oxygen atoms in total. The van der Waals surface area contributed by atoms with Crippen LogP contribution in [0.4, 0.5) is 11.4 Å². The van der Waals surface area contributed by atoms with E-state index in [1.807, 2.05) is 53.3 Å². The first-order valence-electron chi connectivity index (χ1n) is 17.8. The number of nitrogens with one attached hydrogen (secondary N) is 1. The highest BCUT2D eigenvalue weighted by Gasteiger charge is 2.50. The zero-order chi connectivity index (χ0) is 36.0. The molecule has 0 bridgehead atoms. The molecule has 1 amide bonds. The summed E-state index contributed by atoms with van der Waals surface area (Å²) in [5.74, 6) is 0.822. The van der Waals surface area contributed by atoms with Crippen LogP contribution in [-0.2, 0) is 17.7 Å². The molecular weight excluding hydrogens is 655 g/mol. The fourth-order valence-electron chi connectivity index (χ4n) is 7.76. The average molecular weight is 704 g/mol. The predicted octanol–water partition coefficient (Wildman–Crippen LogP) is 6.66. The fourth-order valence-corrected chi connectivity index (χ4v) is 11.9. The SMILES string of the molecule is COc1ccc([Si](C)(C)[C@@H]2[C@@H](C)[C@@H](CCc3cccc(NC(=O)c4ccc(N)cc4)c3)O[C@H]2CCn2cc(C(CO)c3ccccc3)nn2)cc1. The number of benzene rings is 4. The van der Waals surface area contributed by atoms with Gasteiger partial charge in [0.25, 0.3) is 5.91 Å². The van der Waals surface area contributed by atoms with Gasteiger partial charge in [-0.3, -0.25) is 9.48 Å². The van der Waals surface area contributed by atoms with Crippen molar-refractivity contribution in [2.75, 3.05) is 24.8 Å². The summed E-state index contributed by atoms with van der Waals surface area (Å²) in [5, 5.41) is 23.5. The topological polar surface area (TPSA) is 125 Å². The van der Waals surface area contributed by atoms with Crippen LogP contribution in [0.15, 0.2) is 109 Å². The van der Waals surface area contributed by atoms with Crippen molar-refractivity contribution in [2.24, 2.45) is 5.92 Å². The van der Waals surface area contributed by atoms with Crippen LogP contribution in [0.1, 0.15) is 52.9 Å². The molecule has 5 aromatic rings. The van der Waals surface area contributed by atoms with Crippen molar-refractivity contribution in [2.45, 2.75) is 69.5 Å². The Kier molecular flexibility index (Phi) is 11.3. The Bertz CT molecular complexity index is 1880. The lowest BCUT2D eigenvalue weighted by molar-refractivity contribution is 0.0249. The number of aryl methyl sites for hydroxylation is 2. The lowest BCUT2D eigenvalue weighted by atomic mass is 9.95. The monoisotopic (exact) mass is 703 g/mol. The number of nitrogens with two attached hydrogens (primary N) is 1. The fraction of sp³-hybridized carbons (Fsp3) is 0.341. The van der Waals surface area contributed by atoms with E-state index in [1.165, 1.54) is 5.19 Å². The van der Waals surface area contributed by atoms with Crippen LogP contribution in [0, 0.1) is 5.92 Å². The van der Waals surface area contributed by atoms with E-state index in [-0.39, 0.29) is 30.6 Å². The maximum atomic E-state index is 12.8. The molecule has 6 rings (SSSR count). The van der Waals surface area contributed by atoms with Gasteiger partial charge >= 0.3 is 0 Å². The first kappa shape index (κ1) is 36.0. The summed E-state index contributed by atoms with van der Waals surface area (Å²) in [7, 11) is -0.335. The van der Waals surface area contributed by atoms with Gasteiger partial charge in [0.1, 0.15) is 5.75 Å². The number of methoxy groups -OCH3 is 1. The molecule has 1 saturated heterocycles. The normalized spacial score (nSPS) is 19.5. The second-order valence-corrected chi connectivity index (χ2v) is 18.9. The smallest absolute Gasteiger partial charge is 0.255 e. The second-order valence-electron chi connectivity index (χ2n) is 14.2. The number of carbonyl (C=O) groups excluding carboxylic acids is 1. The van der Waals surface area contributed by atoms with E-state index >= 15 is 0 Å². The molecule has 266 valence electrons. The number of aliphatic hydroxyl groups is 1. The van der Waals surface area contributed by atoms with Crippen LogP contribution in [0.3, 0.4) is 0 Å². The van der Waals surface area contributed by atoms with Gasteiger partial charge in [0.2, 0.25) is 0 Å². The lowest BCUT2D eigenvalue weighted by Gasteiger charge is -2.36. The maximum Gasteiger partial charge on any atom is 0.255 e. The van der Waals surface area contributed by atoms with Gasteiger partial charge in [0.15, 0.2) is 0 Å². The number of carbonyl (C=O) groups is 1. The number of nitrogen functional groups attached to an aromatic ring is 1. The molecule has 1 fully saturated rings. The van der Waals surface area contributed by atoms with Crippen molar-refractivity contribution in [3.8, 4) is 5.75 Å². The minimum absolute atomic E-state index is 0.0325. The summed E-state index contributed by atoms with van der Waals surface area (Å²) in [6.07, 6.45) is 4.61. The van der Waals surface area contributed by atoms with Gasteiger partial charge in [-0.05, 0) is 90.4 Å². The van der Waals surface area contributed by atoms with Crippen LogP contribution >= 0.6 is 0 Å². The van der Waals surface area contributed by atoms with E-state index in [0.717, 1.165) is 47.5 Å². The molecular formula is C41H49N5O4Si. The Balaban J connectivity index is 1.17. The molecule has 5 atom stereocenters. The van der Waals surface area contributed by atoms with Gasteiger partial charge in [-0.1, -0.05) is 85.0 Å². The summed E-state index contributed by atoms with van der Waals surface area (Å²) in [6.45, 7) is 7.91. The minimum atomic E-state index is -2.04. The van der Waals surface area contributed by atoms with E-state index in [9.17, 15) is 9.90 Å².